The fourth-order valence-corrected chi connectivity index (χ4v) is 3.04. The van der Waals surface area contributed by atoms with Gasteiger partial charge in [0.25, 0.3) is 5.56 Å². The molecule has 0 radical (unpaired) electrons. The lowest BCUT2D eigenvalue weighted by molar-refractivity contribution is 0.0991. The summed E-state index contributed by atoms with van der Waals surface area (Å²) in [6.07, 6.45) is -0.0167. The Morgan fingerprint density at radius 2 is 1.68 bits per heavy atom. The third-order valence-electron chi connectivity index (χ3n) is 3.79. The van der Waals surface area contributed by atoms with Gasteiger partial charge in [0.1, 0.15) is 4.60 Å². The first-order valence-electron chi connectivity index (χ1n) is 7.20. The highest BCUT2D eigenvalue weighted by molar-refractivity contribution is 9.10. The van der Waals surface area contributed by atoms with Crippen molar-refractivity contribution in [2.45, 2.75) is 6.42 Å². The summed E-state index contributed by atoms with van der Waals surface area (Å²) in [5.41, 5.74) is 0.0561. The average molecular weight is 468 g/mol. The van der Waals surface area contributed by atoms with Crippen molar-refractivity contribution in [1.82, 2.24) is 19.1 Å². The molecule has 2 heterocycles. The Hall–Kier alpha value is -2.13. The van der Waals surface area contributed by atoms with Crippen LogP contribution in [0.15, 0.2) is 42.9 Å². The van der Waals surface area contributed by atoms with E-state index in [1.165, 1.54) is 18.7 Å². The number of hydrogen-bond acceptors (Lipinski definition) is 5. The maximum absolute atomic E-state index is 12.4. The number of hydrogen-bond donors (Lipinski definition) is 0. The van der Waals surface area contributed by atoms with Gasteiger partial charge in [-0.3, -0.25) is 18.7 Å². The molecule has 2 aromatic heterocycles. The minimum absolute atomic E-state index is 0.0167. The van der Waals surface area contributed by atoms with Crippen molar-refractivity contribution in [3.8, 4) is 0 Å². The van der Waals surface area contributed by atoms with Crippen LogP contribution in [0.1, 0.15) is 16.1 Å². The van der Waals surface area contributed by atoms with E-state index in [0.29, 0.717) is 15.9 Å². The number of aromatic nitrogens is 4. The summed E-state index contributed by atoms with van der Waals surface area (Å²) in [5.74, 6) is -0.150. The zero-order valence-electron chi connectivity index (χ0n) is 13.3. The first kappa shape index (κ1) is 17.7. The molecule has 1 aromatic carbocycles. The standard InChI is InChI=1S/C16H12Br2N4O3/c1-21-14-12(15(24)22(2)16(21)25)19-10(13(18)20-14)7-11(23)8-3-5-9(17)6-4-8/h3-6H,7H2,1-2H3. The molecule has 0 aliphatic rings. The fraction of sp³-hybridized carbons (Fsp3) is 0.188. The second kappa shape index (κ2) is 6.64. The number of ketones is 1. The van der Waals surface area contributed by atoms with Crippen LogP contribution in [0.4, 0.5) is 0 Å². The van der Waals surface area contributed by atoms with Crippen LogP contribution >= 0.6 is 31.9 Å². The summed E-state index contributed by atoms with van der Waals surface area (Å²) >= 11 is 6.60. The highest BCUT2D eigenvalue weighted by Crippen LogP contribution is 2.18. The van der Waals surface area contributed by atoms with Crippen molar-refractivity contribution in [2.75, 3.05) is 0 Å². The van der Waals surface area contributed by atoms with Gasteiger partial charge in [-0.15, -0.1) is 0 Å². The molecule has 0 bridgehead atoms. The Morgan fingerprint density at radius 3 is 2.32 bits per heavy atom. The molecule has 128 valence electrons. The number of carbonyl (C=O) groups excluding carboxylic acids is 1. The van der Waals surface area contributed by atoms with E-state index in [2.05, 4.69) is 41.8 Å². The Labute approximate surface area is 158 Å². The summed E-state index contributed by atoms with van der Waals surface area (Å²) < 4.78 is 3.41. The van der Waals surface area contributed by atoms with Crippen molar-refractivity contribution < 1.29 is 4.79 Å². The monoisotopic (exact) mass is 466 g/mol. The van der Waals surface area contributed by atoms with Crippen molar-refractivity contribution >= 4 is 48.8 Å². The summed E-state index contributed by atoms with van der Waals surface area (Å²) in [6.45, 7) is 0. The van der Waals surface area contributed by atoms with Crippen molar-refractivity contribution in [3.05, 3.63) is 65.4 Å². The predicted molar refractivity (Wildman–Crippen MR) is 99.9 cm³/mol. The molecule has 0 aliphatic heterocycles. The van der Waals surface area contributed by atoms with E-state index in [0.717, 1.165) is 9.04 Å². The third kappa shape index (κ3) is 3.21. The van der Waals surface area contributed by atoms with E-state index in [9.17, 15) is 14.4 Å². The van der Waals surface area contributed by atoms with Gasteiger partial charge in [-0.25, -0.2) is 14.8 Å². The largest absolute Gasteiger partial charge is 0.332 e. The van der Waals surface area contributed by atoms with Crippen LogP contribution in [0.25, 0.3) is 11.2 Å². The lowest BCUT2D eigenvalue weighted by atomic mass is 10.1. The van der Waals surface area contributed by atoms with Crippen LogP contribution in [0.2, 0.25) is 0 Å². The fourth-order valence-electron chi connectivity index (χ4n) is 2.38. The Bertz CT molecular complexity index is 1120. The third-order valence-corrected chi connectivity index (χ3v) is 4.96. The van der Waals surface area contributed by atoms with Crippen molar-refractivity contribution in [1.29, 1.82) is 0 Å². The second-order valence-electron chi connectivity index (χ2n) is 5.45. The summed E-state index contributed by atoms with van der Waals surface area (Å²) in [7, 11) is 2.89. The van der Waals surface area contributed by atoms with Crippen molar-refractivity contribution in [2.24, 2.45) is 14.1 Å². The lowest BCUT2D eigenvalue weighted by Gasteiger charge is -2.09. The molecule has 0 saturated heterocycles. The van der Waals surface area contributed by atoms with Crippen LogP contribution in [-0.4, -0.2) is 24.9 Å². The van der Waals surface area contributed by atoms with Crippen LogP contribution in [0, 0.1) is 0 Å². The molecule has 0 unspecified atom stereocenters. The molecule has 9 heteroatoms. The zero-order chi connectivity index (χ0) is 18.3. The minimum atomic E-state index is -0.546. The van der Waals surface area contributed by atoms with E-state index >= 15 is 0 Å². The number of carbonyl (C=O) groups is 1. The highest BCUT2D eigenvalue weighted by Gasteiger charge is 2.17. The molecular formula is C16H12Br2N4O3. The van der Waals surface area contributed by atoms with E-state index in [1.54, 1.807) is 24.3 Å². The van der Waals surface area contributed by atoms with E-state index in [4.69, 9.17) is 0 Å². The normalized spacial score (nSPS) is 11.0. The van der Waals surface area contributed by atoms with Gasteiger partial charge in [0.05, 0.1) is 12.1 Å². The zero-order valence-corrected chi connectivity index (χ0v) is 16.5. The van der Waals surface area contributed by atoms with E-state index in [-0.39, 0.29) is 23.4 Å². The Morgan fingerprint density at radius 1 is 1.04 bits per heavy atom. The number of benzene rings is 1. The molecule has 0 aliphatic carbocycles. The van der Waals surface area contributed by atoms with Gasteiger partial charge >= 0.3 is 5.69 Å². The number of nitrogens with zero attached hydrogens (tertiary/aromatic N) is 4. The molecule has 25 heavy (non-hydrogen) atoms. The molecule has 0 amide bonds. The van der Waals surface area contributed by atoms with Gasteiger partial charge in [0.2, 0.25) is 0 Å². The summed E-state index contributed by atoms with van der Waals surface area (Å²) in [4.78, 5) is 45.2. The number of rotatable bonds is 3. The second-order valence-corrected chi connectivity index (χ2v) is 7.11. The van der Waals surface area contributed by atoms with Crippen LogP contribution in [0.5, 0.6) is 0 Å². The molecule has 0 atom stereocenters. The number of fused-ring (bicyclic) bond motifs is 1. The molecule has 0 saturated carbocycles. The van der Waals surface area contributed by atoms with Crippen LogP contribution < -0.4 is 11.2 Å². The average Bonchev–Trinajstić information content (AvgIpc) is 2.60. The van der Waals surface area contributed by atoms with Gasteiger partial charge < -0.3 is 0 Å². The number of aryl methyl sites for hydroxylation is 1. The van der Waals surface area contributed by atoms with Gasteiger partial charge in [-0.2, -0.15) is 0 Å². The maximum atomic E-state index is 12.4. The number of Topliss-reactive ketones (excluding diaryl/α,β-unsaturated/α-hetero) is 1. The van der Waals surface area contributed by atoms with Crippen LogP contribution in [-0.2, 0) is 20.5 Å². The first-order valence-corrected chi connectivity index (χ1v) is 8.79. The van der Waals surface area contributed by atoms with E-state index in [1.807, 2.05) is 0 Å². The smallest absolute Gasteiger partial charge is 0.294 e. The maximum Gasteiger partial charge on any atom is 0.332 e. The van der Waals surface area contributed by atoms with Gasteiger partial charge in [0, 0.05) is 24.1 Å². The Balaban J connectivity index is 2.10. The molecular weight excluding hydrogens is 456 g/mol. The minimum Gasteiger partial charge on any atom is -0.294 e. The summed E-state index contributed by atoms with van der Waals surface area (Å²) in [6, 6.07) is 6.97. The highest BCUT2D eigenvalue weighted by atomic mass is 79.9. The van der Waals surface area contributed by atoms with Crippen LogP contribution in [0.3, 0.4) is 0 Å². The Kier molecular flexibility index (Phi) is 4.70. The van der Waals surface area contributed by atoms with Gasteiger partial charge in [0.15, 0.2) is 16.9 Å². The predicted octanol–water partition coefficient (Wildman–Crippen LogP) is 1.98. The molecule has 0 spiro atoms. The summed E-state index contributed by atoms with van der Waals surface area (Å²) in [5, 5.41) is 0. The topological polar surface area (TPSA) is 86.8 Å². The SMILES string of the molecule is Cn1c(=O)c2nc(CC(=O)c3ccc(Br)cc3)c(Br)nc2n(C)c1=O. The molecule has 3 aromatic rings. The lowest BCUT2D eigenvalue weighted by Crippen LogP contribution is -2.38. The van der Waals surface area contributed by atoms with Gasteiger partial charge in [-0.05, 0) is 28.1 Å². The van der Waals surface area contributed by atoms with Crippen molar-refractivity contribution in [3.63, 3.8) is 0 Å². The number of halogens is 2. The van der Waals surface area contributed by atoms with E-state index < -0.39 is 11.2 Å². The van der Waals surface area contributed by atoms with Gasteiger partial charge in [-0.1, -0.05) is 28.1 Å². The molecule has 7 nitrogen and oxygen atoms in total. The molecule has 3 rings (SSSR count). The quantitative estimate of drug-likeness (QED) is 0.549. The first-order chi connectivity index (χ1) is 11.8. The molecule has 0 fully saturated rings. The molecule has 0 N–H and O–H groups in total.